The summed E-state index contributed by atoms with van der Waals surface area (Å²) in [7, 11) is 0. The molecule has 1 heterocycles. The zero-order chi connectivity index (χ0) is 23.5. The van der Waals surface area contributed by atoms with Crippen molar-refractivity contribution in [2.45, 2.75) is 40.7 Å². The first-order valence-electron chi connectivity index (χ1n) is 10.3. The molecule has 3 rings (SSSR count). The van der Waals surface area contributed by atoms with Gasteiger partial charge in [-0.15, -0.1) is 0 Å². The number of phenolic OH excluding ortho intramolecular Hbond substituents is 1. The third-order valence-electron chi connectivity index (χ3n) is 5.61. The van der Waals surface area contributed by atoms with E-state index in [0.29, 0.717) is 29.0 Å². The van der Waals surface area contributed by atoms with Crippen molar-refractivity contribution >= 4 is 11.8 Å². The molecule has 0 spiro atoms. The number of carbonyl (C=O) groups is 2. The molecular formula is C25H26N2O5. The predicted molar refractivity (Wildman–Crippen MR) is 120 cm³/mol. The van der Waals surface area contributed by atoms with Crippen LogP contribution in [0.25, 0.3) is 11.3 Å². The molecule has 0 aliphatic heterocycles. The lowest BCUT2D eigenvalue weighted by atomic mass is 9.81. The molecule has 0 radical (unpaired) electrons. The molecule has 1 aromatic heterocycles. The van der Waals surface area contributed by atoms with Crippen molar-refractivity contribution in [3.8, 4) is 22.8 Å². The first-order valence-corrected chi connectivity index (χ1v) is 10.3. The molecule has 7 heteroatoms. The molecule has 0 fully saturated rings. The minimum absolute atomic E-state index is 0.0587. The van der Waals surface area contributed by atoms with Crippen LogP contribution in [0.2, 0.25) is 0 Å². The lowest BCUT2D eigenvalue weighted by Crippen LogP contribution is -2.23. The maximum atomic E-state index is 12.7. The highest BCUT2D eigenvalue weighted by Gasteiger charge is 2.29. The van der Waals surface area contributed by atoms with E-state index in [1.54, 1.807) is 19.1 Å². The number of rotatable bonds is 8. The Labute approximate surface area is 186 Å². The molecule has 166 valence electrons. The van der Waals surface area contributed by atoms with Gasteiger partial charge in [0.25, 0.3) is 0 Å². The summed E-state index contributed by atoms with van der Waals surface area (Å²) in [6, 6.07) is 10.8. The fourth-order valence-electron chi connectivity index (χ4n) is 3.12. The molecule has 0 bridgehead atoms. The van der Waals surface area contributed by atoms with Gasteiger partial charge in [0.15, 0.2) is 11.5 Å². The van der Waals surface area contributed by atoms with Crippen LogP contribution in [0.5, 0.6) is 11.5 Å². The van der Waals surface area contributed by atoms with E-state index in [-0.39, 0.29) is 23.8 Å². The van der Waals surface area contributed by atoms with Crippen LogP contribution in [0.15, 0.2) is 48.8 Å². The van der Waals surface area contributed by atoms with Gasteiger partial charge in [0.1, 0.15) is 18.1 Å². The Balaban J connectivity index is 1.77. The van der Waals surface area contributed by atoms with Crippen molar-refractivity contribution in [1.82, 2.24) is 9.97 Å². The molecule has 2 aromatic carbocycles. The number of hydrogen-bond donors (Lipinski definition) is 2. The second-order valence-electron chi connectivity index (χ2n) is 8.23. The molecule has 0 aliphatic carbocycles. The minimum atomic E-state index is -1.13. The molecule has 3 aromatic rings. The summed E-state index contributed by atoms with van der Waals surface area (Å²) in [5.74, 6) is -0.799. The van der Waals surface area contributed by atoms with Crippen LogP contribution in [0.4, 0.5) is 0 Å². The topological polar surface area (TPSA) is 110 Å². The SMILES string of the molecule is CCC(C)(C)C(=O)c1ccc(OCc2cccc(-c3cnc(C(=O)O)cn3)c2)c(C)c1O. The quantitative estimate of drug-likeness (QED) is 0.477. The van der Waals surface area contributed by atoms with Crippen LogP contribution in [0.3, 0.4) is 0 Å². The Hall–Kier alpha value is -3.74. The van der Waals surface area contributed by atoms with Gasteiger partial charge < -0.3 is 14.9 Å². The second kappa shape index (κ2) is 9.18. The lowest BCUT2D eigenvalue weighted by Gasteiger charge is -2.22. The second-order valence-corrected chi connectivity index (χ2v) is 8.23. The Morgan fingerprint density at radius 3 is 2.47 bits per heavy atom. The first-order chi connectivity index (χ1) is 15.1. The molecule has 0 saturated carbocycles. The van der Waals surface area contributed by atoms with Crippen LogP contribution < -0.4 is 4.74 Å². The van der Waals surface area contributed by atoms with Crippen molar-refractivity contribution in [1.29, 1.82) is 0 Å². The average Bonchev–Trinajstić information content (AvgIpc) is 2.80. The number of Topliss-reactive ketones (excluding diaryl/α,β-unsaturated/α-hetero) is 1. The highest BCUT2D eigenvalue weighted by Crippen LogP contribution is 2.36. The third kappa shape index (κ3) is 4.77. The molecule has 0 unspecified atom stereocenters. The number of aromatic hydroxyl groups is 1. The van der Waals surface area contributed by atoms with Crippen LogP contribution in [0, 0.1) is 12.3 Å². The fourth-order valence-corrected chi connectivity index (χ4v) is 3.12. The molecule has 2 N–H and O–H groups in total. The number of ether oxygens (including phenoxy) is 1. The number of ketones is 1. The van der Waals surface area contributed by atoms with Gasteiger partial charge >= 0.3 is 5.97 Å². The minimum Gasteiger partial charge on any atom is -0.507 e. The van der Waals surface area contributed by atoms with Gasteiger partial charge in [0, 0.05) is 16.5 Å². The van der Waals surface area contributed by atoms with Crippen LogP contribution in [-0.2, 0) is 6.61 Å². The van der Waals surface area contributed by atoms with Crippen molar-refractivity contribution in [3.63, 3.8) is 0 Å². The molecule has 0 aliphatic rings. The number of carbonyl (C=O) groups excluding carboxylic acids is 1. The number of nitrogens with zero attached hydrogens (tertiary/aromatic N) is 2. The Morgan fingerprint density at radius 2 is 1.84 bits per heavy atom. The van der Waals surface area contributed by atoms with Gasteiger partial charge in [-0.2, -0.15) is 0 Å². The van der Waals surface area contributed by atoms with Gasteiger partial charge in [-0.3, -0.25) is 9.78 Å². The number of benzene rings is 2. The van der Waals surface area contributed by atoms with E-state index in [4.69, 9.17) is 9.84 Å². The Morgan fingerprint density at radius 1 is 1.09 bits per heavy atom. The maximum Gasteiger partial charge on any atom is 0.356 e. The summed E-state index contributed by atoms with van der Waals surface area (Å²) in [6.45, 7) is 7.63. The summed E-state index contributed by atoms with van der Waals surface area (Å²) >= 11 is 0. The summed E-state index contributed by atoms with van der Waals surface area (Å²) in [6.07, 6.45) is 3.30. The van der Waals surface area contributed by atoms with Gasteiger partial charge in [-0.1, -0.05) is 39.0 Å². The van der Waals surface area contributed by atoms with Gasteiger partial charge in [-0.05, 0) is 37.1 Å². The molecular weight excluding hydrogens is 408 g/mol. The zero-order valence-electron chi connectivity index (χ0n) is 18.5. The van der Waals surface area contributed by atoms with E-state index in [9.17, 15) is 14.7 Å². The van der Waals surface area contributed by atoms with Crippen LogP contribution in [0.1, 0.15) is 59.2 Å². The van der Waals surface area contributed by atoms with Crippen LogP contribution >= 0.6 is 0 Å². The smallest absolute Gasteiger partial charge is 0.356 e. The lowest BCUT2D eigenvalue weighted by molar-refractivity contribution is 0.0689. The average molecular weight is 434 g/mol. The highest BCUT2D eigenvalue weighted by molar-refractivity contribution is 6.02. The zero-order valence-corrected chi connectivity index (χ0v) is 18.5. The van der Waals surface area contributed by atoms with Gasteiger partial charge in [0.05, 0.1) is 23.7 Å². The van der Waals surface area contributed by atoms with Crippen LogP contribution in [-0.4, -0.2) is 31.9 Å². The first kappa shape index (κ1) is 22.9. The van der Waals surface area contributed by atoms with E-state index in [2.05, 4.69) is 9.97 Å². The number of carboxylic acid groups (broad SMARTS) is 1. The summed E-state index contributed by atoms with van der Waals surface area (Å²) in [5, 5.41) is 19.6. The molecule has 0 amide bonds. The summed E-state index contributed by atoms with van der Waals surface area (Å²) < 4.78 is 5.91. The van der Waals surface area contributed by atoms with Gasteiger partial charge in [0.2, 0.25) is 0 Å². The summed E-state index contributed by atoms with van der Waals surface area (Å²) in [5.41, 5.74) is 2.31. The number of carboxylic acids is 1. The van der Waals surface area contributed by atoms with Crippen molar-refractivity contribution < 1.29 is 24.5 Å². The van der Waals surface area contributed by atoms with Crippen molar-refractivity contribution in [3.05, 3.63) is 71.2 Å². The number of phenols is 1. The largest absolute Gasteiger partial charge is 0.507 e. The van der Waals surface area contributed by atoms with Crippen molar-refractivity contribution in [2.75, 3.05) is 0 Å². The van der Waals surface area contributed by atoms with E-state index < -0.39 is 11.4 Å². The molecule has 7 nitrogen and oxygen atoms in total. The summed E-state index contributed by atoms with van der Waals surface area (Å²) in [4.78, 5) is 31.7. The van der Waals surface area contributed by atoms with E-state index >= 15 is 0 Å². The number of aromatic carboxylic acids is 1. The van der Waals surface area contributed by atoms with E-state index in [1.165, 1.54) is 12.4 Å². The van der Waals surface area contributed by atoms with Crippen molar-refractivity contribution in [2.24, 2.45) is 5.41 Å². The number of hydrogen-bond acceptors (Lipinski definition) is 6. The maximum absolute atomic E-state index is 12.7. The number of aromatic nitrogens is 2. The molecule has 0 atom stereocenters. The van der Waals surface area contributed by atoms with E-state index in [0.717, 1.165) is 11.1 Å². The third-order valence-corrected chi connectivity index (χ3v) is 5.61. The monoisotopic (exact) mass is 434 g/mol. The Kier molecular flexibility index (Phi) is 6.58. The molecule has 32 heavy (non-hydrogen) atoms. The standard InChI is InChI=1S/C25H26N2O5/c1-5-25(3,4)23(29)18-9-10-21(15(2)22(18)28)32-14-16-7-6-8-17(11-16)19-12-27-20(13-26-19)24(30)31/h6-13,28H,5,14H2,1-4H3,(H,30,31). The van der Waals surface area contributed by atoms with E-state index in [1.807, 2.05) is 45.0 Å². The predicted octanol–water partition coefficient (Wildman–Crippen LogP) is 5.05. The Bertz CT molecular complexity index is 1150. The normalized spacial score (nSPS) is 11.2. The van der Waals surface area contributed by atoms with Gasteiger partial charge in [-0.25, -0.2) is 9.78 Å². The highest BCUT2D eigenvalue weighted by atomic mass is 16.5. The molecule has 0 saturated heterocycles. The fraction of sp³-hybridized carbons (Fsp3) is 0.280.